The van der Waals surface area contributed by atoms with Crippen LogP contribution >= 0.6 is 0 Å². The van der Waals surface area contributed by atoms with E-state index in [1.54, 1.807) is 24.3 Å². The molecular formula is C23H25N3O5. The molecule has 1 amide bonds. The predicted molar refractivity (Wildman–Crippen MR) is 117 cm³/mol. The summed E-state index contributed by atoms with van der Waals surface area (Å²) in [5, 5.41) is 6.27. The van der Waals surface area contributed by atoms with Gasteiger partial charge in [-0.05, 0) is 35.7 Å². The Bertz CT molecular complexity index is 1230. The molecule has 0 spiro atoms. The summed E-state index contributed by atoms with van der Waals surface area (Å²) in [5.41, 5.74) is 0.242. The number of fused-ring (bicyclic) bond motifs is 2. The lowest BCUT2D eigenvalue weighted by molar-refractivity contribution is -0.122. The summed E-state index contributed by atoms with van der Waals surface area (Å²) in [4.78, 5) is 37.5. The second-order valence-corrected chi connectivity index (χ2v) is 7.89. The van der Waals surface area contributed by atoms with Crippen LogP contribution in [0.4, 0.5) is 0 Å². The molecule has 3 aromatic rings. The highest BCUT2D eigenvalue weighted by Gasteiger charge is 2.21. The summed E-state index contributed by atoms with van der Waals surface area (Å²) in [6.07, 6.45) is 0.0575. The Hall–Kier alpha value is -3.55. The van der Waals surface area contributed by atoms with Crippen molar-refractivity contribution in [1.29, 1.82) is 0 Å². The molecule has 31 heavy (non-hydrogen) atoms. The first kappa shape index (κ1) is 20.7. The van der Waals surface area contributed by atoms with Gasteiger partial charge < -0.3 is 14.8 Å². The van der Waals surface area contributed by atoms with E-state index in [2.05, 4.69) is 10.4 Å². The van der Waals surface area contributed by atoms with Crippen molar-refractivity contribution in [3.63, 3.8) is 0 Å². The Morgan fingerprint density at radius 3 is 2.52 bits per heavy atom. The lowest BCUT2D eigenvalue weighted by Crippen LogP contribution is -2.35. The maximum absolute atomic E-state index is 12.7. The molecule has 0 unspecified atom stereocenters. The van der Waals surface area contributed by atoms with E-state index in [1.165, 1.54) is 4.68 Å². The molecule has 8 heteroatoms. The van der Waals surface area contributed by atoms with Gasteiger partial charge in [0.1, 0.15) is 13.2 Å². The zero-order valence-corrected chi connectivity index (χ0v) is 17.5. The third-order valence-corrected chi connectivity index (χ3v) is 5.35. The fourth-order valence-corrected chi connectivity index (χ4v) is 3.75. The second kappa shape index (κ2) is 8.67. The zero-order chi connectivity index (χ0) is 22.0. The molecule has 0 fully saturated rings. The van der Waals surface area contributed by atoms with Crippen molar-refractivity contribution in [3.8, 4) is 11.5 Å². The Kier molecular flexibility index (Phi) is 5.79. The average Bonchev–Trinajstić information content (AvgIpc) is 2.78. The maximum Gasteiger partial charge on any atom is 0.273 e. The van der Waals surface area contributed by atoms with Gasteiger partial charge in [-0.3, -0.25) is 19.5 Å². The Morgan fingerprint density at radius 1 is 1.06 bits per heavy atom. The lowest BCUT2D eigenvalue weighted by Gasteiger charge is -2.25. The number of nitrogens with zero attached hydrogens (tertiary/aromatic N) is 1. The molecule has 2 N–H and O–H groups in total. The first-order chi connectivity index (χ1) is 14.9. The molecule has 0 bridgehead atoms. The molecule has 1 atom stereocenters. The molecule has 1 aromatic heterocycles. The van der Waals surface area contributed by atoms with Gasteiger partial charge in [0.15, 0.2) is 11.5 Å². The van der Waals surface area contributed by atoms with Gasteiger partial charge in [-0.25, -0.2) is 4.68 Å². The zero-order valence-electron chi connectivity index (χ0n) is 17.5. The maximum atomic E-state index is 12.7. The molecule has 1 aliphatic rings. The van der Waals surface area contributed by atoms with Gasteiger partial charge in [0.2, 0.25) is 5.91 Å². The normalized spacial score (nSPS) is 13.9. The number of hydrogen-bond donors (Lipinski definition) is 2. The van der Waals surface area contributed by atoms with Gasteiger partial charge in [0, 0.05) is 6.42 Å². The van der Waals surface area contributed by atoms with Crippen LogP contribution in [0.25, 0.3) is 10.8 Å². The van der Waals surface area contributed by atoms with Crippen LogP contribution in [0.2, 0.25) is 0 Å². The van der Waals surface area contributed by atoms with E-state index in [0.717, 1.165) is 5.56 Å². The molecule has 2 heterocycles. The quantitative estimate of drug-likeness (QED) is 0.634. The van der Waals surface area contributed by atoms with Crippen molar-refractivity contribution in [2.45, 2.75) is 32.9 Å². The highest BCUT2D eigenvalue weighted by molar-refractivity contribution is 5.80. The number of aromatic nitrogens is 2. The predicted octanol–water partition coefficient (Wildman–Crippen LogP) is 2.36. The number of rotatable bonds is 6. The van der Waals surface area contributed by atoms with E-state index >= 15 is 0 Å². The minimum Gasteiger partial charge on any atom is -0.486 e. The average molecular weight is 423 g/mol. The van der Waals surface area contributed by atoms with Crippen molar-refractivity contribution in [1.82, 2.24) is 15.1 Å². The van der Waals surface area contributed by atoms with E-state index in [1.807, 2.05) is 32.0 Å². The van der Waals surface area contributed by atoms with Gasteiger partial charge in [0.05, 0.1) is 23.4 Å². The van der Waals surface area contributed by atoms with E-state index in [-0.39, 0.29) is 42.0 Å². The first-order valence-corrected chi connectivity index (χ1v) is 10.3. The minimum absolute atomic E-state index is 0.0575. The second-order valence-electron chi connectivity index (χ2n) is 7.89. The summed E-state index contributed by atoms with van der Waals surface area (Å²) >= 11 is 0. The lowest BCUT2D eigenvalue weighted by atomic mass is 9.95. The van der Waals surface area contributed by atoms with Crippen LogP contribution in [0, 0.1) is 5.92 Å². The van der Waals surface area contributed by atoms with E-state index in [4.69, 9.17) is 9.47 Å². The molecule has 0 saturated heterocycles. The summed E-state index contributed by atoms with van der Waals surface area (Å²) < 4.78 is 12.4. The van der Waals surface area contributed by atoms with Crippen molar-refractivity contribution in [3.05, 3.63) is 68.7 Å². The van der Waals surface area contributed by atoms with E-state index < -0.39 is 0 Å². The fourth-order valence-electron chi connectivity index (χ4n) is 3.75. The Labute approximate surface area is 178 Å². The van der Waals surface area contributed by atoms with Crippen molar-refractivity contribution in [2.24, 2.45) is 5.92 Å². The van der Waals surface area contributed by atoms with Crippen molar-refractivity contribution in [2.75, 3.05) is 13.2 Å². The number of nitrogens with one attached hydrogen (secondary N) is 2. The van der Waals surface area contributed by atoms with Crippen LogP contribution in [0.15, 0.2) is 52.1 Å². The van der Waals surface area contributed by atoms with Crippen molar-refractivity contribution < 1.29 is 14.3 Å². The van der Waals surface area contributed by atoms with Gasteiger partial charge in [0.25, 0.3) is 11.1 Å². The van der Waals surface area contributed by atoms with E-state index in [0.29, 0.717) is 35.5 Å². The topological polar surface area (TPSA) is 102 Å². The minimum atomic E-state index is -0.355. The van der Waals surface area contributed by atoms with Crippen LogP contribution in [-0.2, 0) is 11.3 Å². The monoisotopic (exact) mass is 423 g/mol. The van der Waals surface area contributed by atoms with Crippen LogP contribution in [0.3, 0.4) is 0 Å². The fraction of sp³-hybridized carbons (Fsp3) is 0.348. The number of carbonyl (C=O) groups excluding carboxylic acids is 1. The van der Waals surface area contributed by atoms with Gasteiger partial charge in [-0.2, -0.15) is 0 Å². The number of aromatic amines is 1. The molecule has 8 nitrogen and oxygen atoms in total. The summed E-state index contributed by atoms with van der Waals surface area (Å²) in [6, 6.07) is 12.1. The third kappa shape index (κ3) is 4.33. The highest BCUT2D eigenvalue weighted by Crippen LogP contribution is 2.34. The third-order valence-electron chi connectivity index (χ3n) is 5.35. The molecule has 162 valence electrons. The Morgan fingerprint density at radius 2 is 1.77 bits per heavy atom. The number of H-pyrrole nitrogens is 1. The smallest absolute Gasteiger partial charge is 0.273 e. The summed E-state index contributed by atoms with van der Waals surface area (Å²) in [7, 11) is 0. The van der Waals surface area contributed by atoms with Gasteiger partial charge in [-0.1, -0.05) is 32.0 Å². The summed E-state index contributed by atoms with van der Waals surface area (Å²) in [5.74, 6) is 1.29. The number of hydrogen-bond acceptors (Lipinski definition) is 5. The molecule has 1 aliphatic heterocycles. The van der Waals surface area contributed by atoms with Crippen molar-refractivity contribution >= 4 is 16.7 Å². The number of carbonyl (C=O) groups is 1. The highest BCUT2D eigenvalue weighted by atomic mass is 16.6. The first-order valence-electron chi connectivity index (χ1n) is 10.3. The SMILES string of the molecule is CC(C)[C@@H](NC(=O)CCn1[nH]c(=O)c2ccccc2c1=O)c1ccc2c(c1)OCCO2. The molecular weight excluding hydrogens is 398 g/mol. The van der Waals surface area contributed by atoms with Crippen LogP contribution in [0.1, 0.15) is 31.9 Å². The number of aryl methyl sites for hydroxylation is 1. The molecule has 4 rings (SSSR count). The standard InChI is InChI=1S/C23H25N3O5/c1-14(2)21(15-7-8-18-19(13-15)31-12-11-30-18)24-20(27)9-10-26-23(29)17-6-4-3-5-16(17)22(28)25-26/h3-8,13-14,21H,9-12H2,1-2H3,(H,24,27)(H,25,28)/t21-/m1/s1. The van der Waals surface area contributed by atoms with Crippen LogP contribution < -0.4 is 25.9 Å². The number of benzene rings is 2. The molecule has 2 aromatic carbocycles. The molecule has 0 aliphatic carbocycles. The van der Waals surface area contributed by atoms with E-state index in [9.17, 15) is 14.4 Å². The van der Waals surface area contributed by atoms with Crippen LogP contribution in [0.5, 0.6) is 11.5 Å². The molecule has 0 saturated carbocycles. The molecule has 0 radical (unpaired) electrons. The van der Waals surface area contributed by atoms with Gasteiger partial charge in [-0.15, -0.1) is 0 Å². The van der Waals surface area contributed by atoms with Crippen LogP contribution in [-0.4, -0.2) is 28.9 Å². The largest absolute Gasteiger partial charge is 0.486 e. The Balaban J connectivity index is 1.48. The number of ether oxygens (including phenoxy) is 2. The van der Waals surface area contributed by atoms with Gasteiger partial charge >= 0.3 is 0 Å². The summed E-state index contributed by atoms with van der Waals surface area (Å²) in [6.45, 7) is 5.14. The number of amides is 1.